The van der Waals surface area contributed by atoms with Gasteiger partial charge < -0.3 is 20.1 Å². The number of nitrogens with zero attached hydrogens (tertiary/aromatic N) is 4. The lowest BCUT2D eigenvalue weighted by Gasteiger charge is -2.25. The summed E-state index contributed by atoms with van der Waals surface area (Å²) in [6, 6.07) is 0.311. The van der Waals surface area contributed by atoms with E-state index in [4.69, 9.17) is 14.5 Å². The molecule has 178 valence electrons. The highest BCUT2D eigenvalue weighted by Crippen LogP contribution is 2.20. The summed E-state index contributed by atoms with van der Waals surface area (Å²) in [5.41, 5.74) is 0. The van der Waals surface area contributed by atoms with Crippen LogP contribution < -0.4 is 10.6 Å². The number of guanidine groups is 1. The van der Waals surface area contributed by atoms with E-state index in [0.717, 1.165) is 69.5 Å². The third kappa shape index (κ3) is 9.21. The number of halogens is 1. The molecule has 0 saturated heterocycles. The summed E-state index contributed by atoms with van der Waals surface area (Å²) in [4.78, 5) is 9.32. The van der Waals surface area contributed by atoms with Crippen molar-refractivity contribution in [3.8, 4) is 0 Å². The Morgan fingerprint density at radius 1 is 1.16 bits per heavy atom. The molecule has 31 heavy (non-hydrogen) atoms. The number of hydrogen-bond acceptors (Lipinski definition) is 5. The second kappa shape index (κ2) is 15.0. The molecule has 8 nitrogen and oxygen atoms in total. The average Bonchev–Trinajstić information content (AvgIpc) is 2.95. The van der Waals surface area contributed by atoms with E-state index < -0.39 is 0 Å². The number of aliphatic imine (C=N–C) groups is 1. The van der Waals surface area contributed by atoms with Gasteiger partial charge in [0.05, 0.1) is 12.6 Å². The fourth-order valence-corrected chi connectivity index (χ4v) is 4.25. The molecule has 0 bridgehead atoms. The second-order valence-electron chi connectivity index (χ2n) is 8.39. The number of unbranched alkanes of at least 4 members (excludes halogenated alkanes) is 1. The Balaban J connectivity index is 0.00000341. The van der Waals surface area contributed by atoms with Gasteiger partial charge in [0.1, 0.15) is 12.4 Å². The molecule has 1 aromatic heterocycles. The Labute approximate surface area is 204 Å². The number of nitrogens with one attached hydrogen (secondary N) is 2. The first-order chi connectivity index (χ1) is 14.8. The number of ether oxygens (including phenoxy) is 2. The summed E-state index contributed by atoms with van der Waals surface area (Å²) in [6.45, 7) is 5.92. The van der Waals surface area contributed by atoms with E-state index in [1.54, 1.807) is 7.11 Å². The van der Waals surface area contributed by atoms with Crippen LogP contribution in [0.2, 0.25) is 0 Å². The number of rotatable bonds is 10. The first-order valence-electron chi connectivity index (χ1n) is 11.9. The van der Waals surface area contributed by atoms with Gasteiger partial charge in [-0.2, -0.15) is 5.10 Å². The van der Waals surface area contributed by atoms with Crippen molar-refractivity contribution in [2.24, 2.45) is 4.99 Å². The van der Waals surface area contributed by atoms with E-state index in [0.29, 0.717) is 18.8 Å². The zero-order valence-corrected chi connectivity index (χ0v) is 21.6. The van der Waals surface area contributed by atoms with Crippen molar-refractivity contribution in [1.82, 2.24) is 25.4 Å². The molecule has 0 aromatic carbocycles. The Morgan fingerprint density at radius 2 is 1.97 bits per heavy atom. The predicted molar refractivity (Wildman–Crippen MR) is 134 cm³/mol. The summed E-state index contributed by atoms with van der Waals surface area (Å²) < 4.78 is 13.2. The standard InChI is InChI=1S/C22H40N6O2.HI/c1-3-23-22(24-14-8-9-15-30-19-10-6-4-5-7-11-19)25-18-12-13-21-26-20(17-29-2)27-28(21)16-18;/h18-19H,3-17H2,1-2H3,(H2,23,24,25);1H. The van der Waals surface area contributed by atoms with E-state index in [2.05, 4.69) is 27.6 Å². The van der Waals surface area contributed by atoms with Crippen molar-refractivity contribution in [2.45, 2.75) is 96.4 Å². The van der Waals surface area contributed by atoms with Gasteiger partial charge in [-0.15, -0.1) is 24.0 Å². The van der Waals surface area contributed by atoms with Crippen molar-refractivity contribution in [1.29, 1.82) is 0 Å². The van der Waals surface area contributed by atoms with Gasteiger partial charge >= 0.3 is 0 Å². The summed E-state index contributed by atoms with van der Waals surface area (Å²) in [6.07, 6.45) is 12.5. The van der Waals surface area contributed by atoms with Gasteiger partial charge in [-0.25, -0.2) is 9.67 Å². The molecule has 1 aliphatic heterocycles. The molecule has 1 aromatic rings. The van der Waals surface area contributed by atoms with Crippen LogP contribution in [0.4, 0.5) is 0 Å². The molecule has 1 unspecified atom stereocenters. The molecule has 1 saturated carbocycles. The lowest BCUT2D eigenvalue weighted by Crippen LogP contribution is -2.47. The maximum Gasteiger partial charge on any atom is 0.191 e. The summed E-state index contributed by atoms with van der Waals surface area (Å²) >= 11 is 0. The van der Waals surface area contributed by atoms with Crippen molar-refractivity contribution >= 4 is 29.9 Å². The molecule has 0 spiro atoms. The zero-order chi connectivity index (χ0) is 21.0. The maximum atomic E-state index is 6.09. The number of hydrogen-bond donors (Lipinski definition) is 2. The van der Waals surface area contributed by atoms with Crippen molar-refractivity contribution < 1.29 is 9.47 Å². The lowest BCUT2D eigenvalue weighted by molar-refractivity contribution is 0.0413. The van der Waals surface area contributed by atoms with Gasteiger partial charge in [0.25, 0.3) is 0 Å². The summed E-state index contributed by atoms with van der Waals surface area (Å²) in [7, 11) is 1.67. The van der Waals surface area contributed by atoms with Crippen LogP contribution in [0.25, 0.3) is 0 Å². The quantitative estimate of drug-likeness (QED) is 0.153. The Morgan fingerprint density at radius 3 is 2.71 bits per heavy atom. The molecule has 1 fully saturated rings. The van der Waals surface area contributed by atoms with Crippen LogP contribution in [-0.2, 0) is 29.0 Å². The lowest BCUT2D eigenvalue weighted by atomic mass is 10.1. The molecule has 2 heterocycles. The average molecular weight is 549 g/mol. The van der Waals surface area contributed by atoms with Gasteiger partial charge in [-0.1, -0.05) is 25.7 Å². The molecule has 0 amide bonds. The third-order valence-corrected chi connectivity index (χ3v) is 5.84. The molecule has 1 aliphatic carbocycles. The molecule has 0 radical (unpaired) electrons. The normalized spacial score (nSPS) is 19.9. The molecular weight excluding hydrogens is 507 g/mol. The minimum absolute atomic E-state index is 0. The Bertz CT molecular complexity index is 646. The zero-order valence-electron chi connectivity index (χ0n) is 19.3. The van der Waals surface area contributed by atoms with Crippen molar-refractivity contribution in [3.63, 3.8) is 0 Å². The molecule has 1 atom stereocenters. The van der Waals surface area contributed by atoms with Crippen LogP contribution >= 0.6 is 24.0 Å². The number of aromatic nitrogens is 3. The summed E-state index contributed by atoms with van der Waals surface area (Å²) in [5.74, 6) is 2.71. The van der Waals surface area contributed by atoms with Gasteiger partial charge in [0, 0.05) is 39.3 Å². The van der Waals surface area contributed by atoms with Gasteiger partial charge in [-0.3, -0.25) is 4.99 Å². The van der Waals surface area contributed by atoms with E-state index in [1.807, 2.05) is 4.68 Å². The van der Waals surface area contributed by atoms with E-state index >= 15 is 0 Å². The van der Waals surface area contributed by atoms with Gasteiger partial charge in [-0.05, 0) is 39.0 Å². The first-order valence-corrected chi connectivity index (χ1v) is 11.9. The molecule has 3 rings (SSSR count). The highest BCUT2D eigenvalue weighted by Gasteiger charge is 2.22. The predicted octanol–water partition coefficient (Wildman–Crippen LogP) is 3.43. The Hall–Kier alpha value is -0.940. The van der Waals surface area contributed by atoms with E-state index in [-0.39, 0.29) is 24.0 Å². The van der Waals surface area contributed by atoms with Crippen LogP contribution in [0.5, 0.6) is 0 Å². The molecule has 9 heteroatoms. The minimum atomic E-state index is 0. The van der Waals surface area contributed by atoms with Gasteiger partial charge in [0.15, 0.2) is 11.8 Å². The SMILES string of the molecule is CCNC(=NCCCCOC1CCCCCC1)NC1CCc2nc(COC)nn2C1.I. The third-order valence-electron chi connectivity index (χ3n) is 5.84. The second-order valence-corrected chi connectivity index (χ2v) is 8.39. The molecule has 2 aliphatic rings. The van der Waals surface area contributed by atoms with Crippen LogP contribution in [-0.4, -0.2) is 59.7 Å². The fourth-order valence-electron chi connectivity index (χ4n) is 4.25. The van der Waals surface area contributed by atoms with Crippen molar-refractivity contribution in [2.75, 3.05) is 26.8 Å². The smallest absolute Gasteiger partial charge is 0.191 e. The molecule has 2 N–H and O–H groups in total. The number of aryl methyl sites for hydroxylation is 1. The van der Waals surface area contributed by atoms with E-state index in [9.17, 15) is 0 Å². The van der Waals surface area contributed by atoms with Crippen LogP contribution in [0.3, 0.4) is 0 Å². The monoisotopic (exact) mass is 548 g/mol. The topological polar surface area (TPSA) is 85.6 Å². The van der Waals surface area contributed by atoms with Crippen molar-refractivity contribution in [3.05, 3.63) is 11.6 Å². The molecular formula is C22H41IN6O2. The largest absolute Gasteiger partial charge is 0.378 e. The van der Waals surface area contributed by atoms with Crippen LogP contribution in [0.15, 0.2) is 4.99 Å². The highest BCUT2D eigenvalue weighted by atomic mass is 127. The number of methoxy groups -OCH3 is 1. The number of fused-ring (bicyclic) bond motifs is 1. The van der Waals surface area contributed by atoms with Crippen LogP contribution in [0, 0.1) is 0 Å². The van der Waals surface area contributed by atoms with E-state index in [1.165, 1.54) is 38.5 Å². The first kappa shape index (κ1) is 26.3. The highest BCUT2D eigenvalue weighted by molar-refractivity contribution is 14.0. The minimum Gasteiger partial charge on any atom is -0.378 e. The summed E-state index contributed by atoms with van der Waals surface area (Å²) in [5, 5.41) is 11.5. The fraction of sp³-hybridized carbons (Fsp3) is 0.864. The van der Waals surface area contributed by atoms with Gasteiger partial charge in [0.2, 0.25) is 0 Å². The Kier molecular flexibility index (Phi) is 12.7. The van der Waals surface area contributed by atoms with Crippen LogP contribution in [0.1, 0.15) is 76.4 Å². The maximum absolute atomic E-state index is 6.09.